The zero-order valence-corrected chi connectivity index (χ0v) is 11.6. The first-order valence-corrected chi connectivity index (χ1v) is 6.26. The lowest BCUT2D eigenvalue weighted by molar-refractivity contribution is -0.178. The molecule has 0 amide bonds. The minimum absolute atomic E-state index is 0.0146. The molecule has 19 heavy (non-hydrogen) atoms. The molecule has 0 aromatic carbocycles. The predicted octanol–water partition coefficient (Wildman–Crippen LogP) is 1.07. The maximum Gasteiger partial charge on any atom is 0.323 e. The van der Waals surface area contributed by atoms with Gasteiger partial charge < -0.3 is 14.2 Å². The molecule has 0 aromatic rings. The first-order valence-electron chi connectivity index (χ1n) is 6.26. The van der Waals surface area contributed by atoms with Crippen molar-refractivity contribution in [2.45, 2.75) is 32.1 Å². The lowest BCUT2D eigenvalue weighted by atomic mass is 9.65. The van der Waals surface area contributed by atoms with Gasteiger partial charge in [-0.1, -0.05) is 12.8 Å². The molecule has 0 spiro atoms. The number of carbonyl (C=O) groups excluding carboxylic acids is 3. The normalized spacial score (nSPS) is 21.3. The summed E-state index contributed by atoms with van der Waals surface area (Å²) in [5.41, 5.74) is -1.38. The fraction of sp³-hybridized carbons (Fsp3) is 0.769. The van der Waals surface area contributed by atoms with E-state index in [1.165, 1.54) is 21.3 Å². The van der Waals surface area contributed by atoms with E-state index in [1.54, 1.807) is 0 Å². The van der Waals surface area contributed by atoms with Crippen molar-refractivity contribution in [1.29, 1.82) is 0 Å². The van der Waals surface area contributed by atoms with E-state index in [9.17, 15) is 14.4 Å². The number of rotatable bonds is 4. The van der Waals surface area contributed by atoms with Crippen LogP contribution in [-0.2, 0) is 28.6 Å². The maximum absolute atomic E-state index is 12.1. The molecule has 1 aliphatic rings. The molecule has 1 aliphatic carbocycles. The Balaban J connectivity index is 3.10. The third-order valence-corrected chi connectivity index (χ3v) is 3.81. The van der Waals surface area contributed by atoms with Crippen molar-refractivity contribution >= 4 is 17.9 Å². The number of ether oxygens (including phenoxy) is 3. The molecule has 0 saturated heterocycles. The Morgan fingerprint density at radius 2 is 1.58 bits per heavy atom. The van der Waals surface area contributed by atoms with Gasteiger partial charge in [-0.3, -0.25) is 14.4 Å². The molecule has 0 N–H and O–H groups in total. The average molecular weight is 272 g/mol. The van der Waals surface area contributed by atoms with Crippen molar-refractivity contribution in [3.05, 3.63) is 0 Å². The van der Waals surface area contributed by atoms with Gasteiger partial charge in [0.25, 0.3) is 0 Å². The monoisotopic (exact) mass is 272 g/mol. The van der Waals surface area contributed by atoms with Crippen LogP contribution >= 0.6 is 0 Å². The van der Waals surface area contributed by atoms with Crippen LogP contribution in [-0.4, -0.2) is 39.2 Å². The van der Waals surface area contributed by atoms with Crippen LogP contribution in [0, 0.1) is 11.3 Å². The van der Waals surface area contributed by atoms with Gasteiger partial charge in [-0.15, -0.1) is 0 Å². The summed E-state index contributed by atoms with van der Waals surface area (Å²) in [7, 11) is 3.75. The van der Waals surface area contributed by atoms with Gasteiger partial charge in [-0.05, 0) is 18.8 Å². The van der Waals surface area contributed by atoms with Crippen molar-refractivity contribution in [2.75, 3.05) is 21.3 Å². The molecular weight excluding hydrogens is 252 g/mol. The third kappa shape index (κ3) is 2.88. The summed E-state index contributed by atoms with van der Waals surface area (Å²) in [6, 6.07) is 0. The first-order chi connectivity index (χ1) is 9.02. The topological polar surface area (TPSA) is 78.9 Å². The molecule has 1 fully saturated rings. The highest BCUT2D eigenvalue weighted by Gasteiger charge is 2.55. The summed E-state index contributed by atoms with van der Waals surface area (Å²) in [5.74, 6) is -2.14. The van der Waals surface area contributed by atoms with Crippen molar-refractivity contribution in [3.8, 4) is 0 Å². The predicted molar refractivity (Wildman–Crippen MR) is 65.1 cm³/mol. The van der Waals surface area contributed by atoms with Crippen LogP contribution in [0.4, 0.5) is 0 Å². The number of hydrogen-bond acceptors (Lipinski definition) is 6. The summed E-state index contributed by atoms with van der Waals surface area (Å²) < 4.78 is 14.2. The van der Waals surface area contributed by atoms with Gasteiger partial charge in [0.2, 0.25) is 0 Å². The molecule has 1 saturated carbocycles. The average Bonchev–Trinajstić information content (AvgIpc) is 2.45. The van der Waals surface area contributed by atoms with Gasteiger partial charge in [0.15, 0.2) is 5.41 Å². The summed E-state index contributed by atoms with van der Waals surface area (Å²) in [6.45, 7) is 0. The molecule has 6 heteroatoms. The minimum Gasteiger partial charge on any atom is -0.469 e. The molecule has 0 heterocycles. The van der Waals surface area contributed by atoms with Gasteiger partial charge >= 0.3 is 17.9 Å². The lowest BCUT2D eigenvalue weighted by Gasteiger charge is -2.38. The third-order valence-electron chi connectivity index (χ3n) is 3.81. The highest BCUT2D eigenvalue weighted by molar-refractivity contribution is 6.01. The zero-order chi connectivity index (χ0) is 14.5. The summed E-state index contributed by atoms with van der Waals surface area (Å²) in [5, 5.41) is 0. The smallest absolute Gasteiger partial charge is 0.323 e. The van der Waals surface area contributed by atoms with E-state index in [0.29, 0.717) is 12.8 Å². The zero-order valence-electron chi connectivity index (χ0n) is 11.6. The van der Waals surface area contributed by atoms with Crippen LogP contribution in [0.2, 0.25) is 0 Å². The number of carbonyl (C=O) groups is 3. The van der Waals surface area contributed by atoms with Crippen LogP contribution in [0.5, 0.6) is 0 Å². The van der Waals surface area contributed by atoms with Gasteiger partial charge in [0.05, 0.1) is 21.3 Å². The minimum atomic E-state index is -1.38. The number of esters is 3. The molecule has 1 atom stereocenters. The van der Waals surface area contributed by atoms with Gasteiger partial charge in [0, 0.05) is 6.42 Å². The van der Waals surface area contributed by atoms with E-state index in [4.69, 9.17) is 9.47 Å². The van der Waals surface area contributed by atoms with E-state index >= 15 is 0 Å². The molecule has 1 unspecified atom stereocenters. The maximum atomic E-state index is 12.1. The van der Waals surface area contributed by atoms with E-state index in [1.807, 2.05) is 0 Å². The molecule has 108 valence electrons. The van der Waals surface area contributed by atoms with Gasteiger partial charge in [-0.25, -0.2) is 0 Å². The van der Waals surface area contributed by atoms with Crippen molar-refractivity contribution in [2.24, 2.45) is 11.3 Å². The second-order valence-electron chi connectivity index (χ2n) is 4.68. The van der Waals surface area contributed by atoms with Crippen molar-refractivity contribution in [1.82, 2.24) is 0 Å². The largest absolute Gasteiger partial charge is 0.469 e. The second-order valence-corrected chi connectivity index (χ2v) is 4.68. The SMILES string of the molecule is COC(=O)CC1CCCCC1(C(=O)OC)C(=O)OC. The fourth-order valence-electron chi connectivity index (χ4n) is 2.79. The Hall–Kier alpha value is -1.59. The van der Waals surface area contributed by atoms with E-state index in [2.05, 4.69) is 4.74 Å². The standard InChI is InChI=1S/C13H20O6/c1-17-10(14)8-9-6-4-5-7-13(9,11(15)18-2)12(16)19-3/h9H,4-8H2,1-3H3. The molecule has 0 bridgehead atoms. The Kier molecular flexibility index (Phi) is 5.32. The summed E-state index contributed by atoms with van der Waals surface area (Å²) in [4.78, 5) is 35.7. The molecule has 0 aliphatic heterocycles. The molecule has 6 nitrogen and oxygen atoms in total. The summed E-state index contributed by atoms with van der Waals surface area (Å²) in [6.07, 6.45) is 2.53. The van der Waals surface area contributed by atoms with E-state index < -0.39 is 29.2 Å². The quantitative estimate of drug-likeness (QED) is 0.433. The van der Waals surface area contributed by atoms with Crippen LogP contribution in [0.3, 0.4) is 0 Å². The molecule has 0 aromatic heterocycles. The van der Waals surface area contributed by atoms with E-state index in [0.717, 1.165) is 12.8 Å². The van der Waals surface area contributed by atoms with Gasteiger partial charge in [-0.2, -0.15) is 0 Å². The molecule has 1 rings (SSSR count). The summed E-state index contributed by atoms with van der Waals surface area (Å²) >= 11 is 0. The molecule has 0 radical (unpaired) electrons. The van der Waals surface area contributed by atoms with Crippen LogP contribution < -0.4 is 0 Å². The first kappa shape index (κ1) is 15.5. The Morgan fingerprint density at radius 3 is 2.05 bits per heavy atom. The van der Waals surface area contributed by atoms with Crippen LogP contribution in [0.25, 0.3) is 0 Å². The van der Waals surface area contributed by atoms with Gasteiger partial charge in [0.1, 0.15) is 0 Å². The second kappa shape index (κ2) is 6.54. The Bertz CT molecular complexity index is 346. The Morgan fingerprint density at radius 1 is 1.00 bits per heavy atom. The van der Waals surface area contributed by atoms with Crippen LogP contribution in [0.15, 0.2) is 0 Å². The number of methoxy groups -OCH3 is 3. The van der Waals surface area contributed by atoms with Crippen molar-refractivity contribution in [3.63, 3.8) is 0 Å². The van der Waals surface area contributed by atoms with Crippen molar-refractivity contribution < 1.29 is 28.6 Å². The van der Waals surface area contributed by atoms with E-state index in [-0.39, 0.29) is 6.42 Å². The number of hydrogen-bond donors (Lipinski definition) is 0. The highest BCUT2D eigenvalue weighted by Crippen LogP contribution is 2.45. The highest BCUT2D eigenvalue weighted by atomic mass is 16.5. The Labute approximate surface area is 112 Å². The van der Waals surface area contributed by atoms with Crippen LogP contribution in [0.1, 0.15) is 32.1 Å². The fourth-order valence-corrected chi connectivity index (χ4v) is 2.79. The molecular formula is C13H20O6. The lowest BCUT2D eigenvalue weighted by Crippen LogP contribution is -2.49.